The van der Waals surface area contributed by atoms with E-state index >= 15 is 0 Å². The van der Waals surface area contributed by atoms with Crippen molar-refractivity contribution in [3.8, 4) is 11.5 Å². The predicted octanol–water partition coefficient (Wildman–Crippen LogP) is 5.05. The van der Waals surface area contributed by atoms with Gasteiger partial charge in [0.2, 0.25) is 0 Å². The maximum absolute atomic E-state index is 13.1. The Kier molecular flexibility index (Phi) is 7.99. The monoisotopic (exact) mass is 493 g/mol. The maximum atomic E-state index is 13.1. The Morgan fingerprint density at radius 2 is 1.91 bits per heavy atom. The fraction of sp³-hybridized carbons (Fsp3) is 0.261. The number of imide groups is 1. The second kappa shape index (κ2) is 10.7. The molecule has 10 heteroatoms. The first-order valence-electron chi connectivity index (χ1n) is 9.93. The number of carbonyl (C=O) groups excluding carboxylic acids is 3. The summed E-state index contributed by atoms with van der Waals surface area (Å²) in [6.45, 7) is 3.69. The van der Waals surface area contributed by atoms with E-state index in [1.165, 1.54) is 32.2 Å². The van der Waals surface area contributed by atoms with Crippen LogP contribution in [0.4, 0.5) is 9.18 Å². The molecule has 2 amide bonds. The van der Waals surface area contributed by atoms with E-state index in [1.807, 2.05) is 0 Å². The van der Waals surface area contributed by atoms with Gasteiger partial charge in [0, 0.05) is 0 Å². The van der Waals surface area contributed by atoms with Crippen molar-refractivity contribution in [1.29, 1.82) is 0 Å². The predicted molar refractivity (Wildman–Crippen MR) is 123 cm³/mol. The molecule has 174 valence electrons. The van der Waals surface area contributed by atoms with Gasteiger partial charge in [-0.25, -0.2) is 9.18 Å². The Bertz CT molecular complexity index is 1100. The number of thioether (sulfide) groups is 1. The quantitative estimate of drug-likeness (QED) is 0.375. The summed E-state index contributed by atoms with van der Waals surface area (Å²) in [6.07, 6.45) is 1.49. The van der Waals surface area contributed by atoms with Crippen molar-refractivity contribution in [3.63, 3.8) is 0 Å². The summed E-state index contributed by atoms with van der Waals surface area (Å²) in [6, 6.07) is 8.03. The van der Waals surface area contributed by atoms with E-state index < -0.39 is 23.2 Å². The van der Waals surface area contributed by atoms with E-state index in [0.29, 0.717) is 35.4 Å². The highest BCUT2D eigenvalue weighted by Gasteiger charge is 2.41. The Labute approximate surface area is 199 Å². The molecular weight excluding hydrogens is 473 g/mol. The minimum Gasteiger partial charge on any atom is -0.490 e. The van der Waals surface area contributed by atoms with Gasteiger partial charge in [0.25, 0.3) is 11.1 Å². The Morgan fingerprint density at radius 1 is 1.21 bits per heavy atom. The van der Waals surface area contributed by atoms with Crippen molar-refractivity contribution in [2.45, 2.75) is 26.5 Å². The molecular formula is C23H21ClFNO6S. The number of carbonyl (C=O) groups is 3. The number of hydrogen-bond acceptors (Lipinski definition) is 7. The van der Waals surface area contributed by atoms with Crippen molar-refractivity contribution in [1.82, 2.24) is 4.90 Å². The number of halogens is 2. The van der Waals surface area contributed by atoms with Crippen molar-refractivity contribution in [2.24, 2.45) is 0 Å². The number of hydrogen-bond donors (Lipinski definition) is 0. The van der Waals surface area contributed by atoms with E-state index in [-0.39, 0.29) is 22.4 Å². The van der Waals surface area contributed by atoms with Gasteiger partial charge in [-0.1, -0.05) is 23.7 Å². The second-order valence-electron chi connectivity index (χ2n) is 6.93. The summed E-state index contributed by atoms with van der Waals surface area (Å²) in [5.41, 5.74) is 1.25. The highest BCUT2D eigenvalue weighted by Crippen LogP contribution is 2.40. The fourth-order valence-electron chi connectivity index (χ4n) is 3.05. The molecule has 1 saturated heterocycles. The molecule has 0 aliphatic carbocycles. The van der Waals surface area contributed by atoms with Gasteiger partial charge in [-0.05, 0) is 67.1 Å². The summed E-state index contributed by atoms with van der Waals surface area (Å²) in [5.74, 6) is -0.994. The molecule has 0 spiro atoms. The van der Waals surface area contributed by atoms with Gasteiger partial charge in [-0.3, -0.25) is 14.5 Å². The lowest BCUT2D eigenvalue weighted by atomic mass is 10.1. The fourth-order valence-corrected chi connectivity index (χ4v) is 4.23. The zero-order chi connectivity index (χ0) is 24.1. The van der Waals surface area contributed by atoms with Crippen LogP contribution in [0.1, 0.15) is 25.0 Å². The molecule has 0 bridgehead atoms. The van der Waals surface area contributed by atoms with Crippen LogP contribution in [-0.2, 0) is 20.9 Å². The van der Waals surface area contributed by atoms with Gasteiger partial charge in [0.1, 0.15) is 18.5 Å². The van der Waals surface area contributed by atoms with E-state index in [1.54, 1.807) is 31.2 Å². The zero-order valence-corrected chi connectivity index (χ0v) is 19.7. The average molecular weight is 494 g/mol. The van der Waals surface area contributed by atoms with Crippen LogP contribution >= 0.6 is 23.4 Å². The lowest BCUT2D eigenvalue weighted by Crippen LogP contribution is -2.42. The summed E-state index contributed by atoms with van der Waals surface area (Å²) >= 11 is 7.14. The number of ether oxygens (including phenoxy) is 3. The molecule has 1 atom stereocenters. The van der Waals surface area contributed by atoms with Crippen molar-refractivity contribution < 1.29 is 33.0 Å². The van der Waals surface area contributed by atoms with Crippen LogP contribution in [0.15, 0.2) is 41.3 Å². The van der Waals surface area contributed by atoms with Crippen LogP contribution in [0.2, 0.25) is 5.02 Å². The molecule has 7 nitrogen and oxygen atoms in total. The number of rotatable bonds is 8. The van der Waals surface area contributed by atoms with Crippen LogP contribution in [0.25, 0.3) is 6.08 Å². The SMILES string of the molecule is CCOc1cc(/C=C2/SC(=O)N([C@H](C)C(=O)OC)C2=O)cc(Cl)c1OCc1ccc(F)cc1. The van der Waals surface area contributed by atoms with Gasteiger partial charge < -0.3 is 14.2 Å². The van der Waals surface area contributed by atoms with Crippen LogP contribution < -0.4 is 9.47 Å². The largest absolute Gasteiger partial charge is 0.490 e. The number of nitrogens with zero attached hydrogens (tertiary/aromatic N) is 1. The topological polar surface area (TPSA) is 82.1 Å². The molecule has 0 N–H and O–H groups in total. The number of amides is 2. The normalized spacial score (nSPS) is 15.7. The van der Waals surface area contributed by atoms with Crippen LogP contribution in [-0.4, -0.2) is 41.8 Å². The van der Waals surface area contributed by atoms with E-state index in [2.05, 4.69) is 4.74 Å². The summed E-state index contributed by atoms with van der Waals surface area (Å²) in [4.78, 5) is 37.8. The molecule has 1 heterocycles. The highest BCUT2D eigenvalue weighted by atomic mass is 35.5. The van der Waals surface area contributed by atoms with Gasteiger partial charge in [-0.15, -0.1) is 0 Å². The van der Waals surface area contributed by atoms with Crippen LogP contribution in [0, 0.1) is 5.82 Å². The van der Waals surface area contributed by atoms with Crippen molar-refractivity contribution >= 4 is 46.6 Å². The van der Waals surface area contributed by atoms with E-state index in [0.717, 1.165) is 10.5 Å². The van der Waals surface area contributed by atoms with E-state index in [4.69, 9.17) is 21.1 Å². The molecule has 0 saturated carbocycles. The molecule has 0 radical (unpaired) electrons. The average Bonchev–Trinajstić information content (AvgIpc) is 3.06. The van der Waals surface area contributed by atoms with Gasteiger partial charge >= 0.3 is 5.97 Å². The molecule has 1 fully saturated rings. The maximum Gasteiger partial charge on any atom is 0.328 e. The third-order valence-corrected chi connectivity index (χ3v) is 5.84. The molecule has 1 aliphatic rings. The third kappa shape index (κ3) is 5.66. The summed E-state index contributed by atoms with van der Waals surface area (Å²) in [7, 11) is 1.19. The highest BCUT2D eigenvalue weighted by molar-refractivity contribution is 8.18. The molecule has 33 heavy (non-hydrogen) atoms. The minimum atomic E-state index is -1.04. The number of methoxy groups -OCH3 is 1. The molecule has 1 aliphatic heterocycles. The first-order valence-corrected chi connectivity index (χ1v) is 11.1. The van der Waals surface area contributed by atoms with Crippen molar-refractivity contribution in [3.05, 3.63) is 63.3 Å². The minimum absolute atomic E-state index is 0.134. The van der Waals surface area contributed by atoms with Crippen LogP contribution in [0.5, 0.6) is 11.5 Å². The lowest BCUT2D eigenvalue weighted by Gasteiger charge is -2.18. The molecule has 0 unspecified atom stereocenters. The van der Waals surface area contributed by atoms with Gasteiger partial charge in [-0.2, -0.15) is 0 Å². The zero-order valence-electron chi connectivity index (χ0n) is 18.1. The summed E-state index contributed by atoms with van der Waals surface area (Å²) < 4.78 is 29.2. The second-order valence-corrected chi connectivity index (χ2v) is 8.33. The first-order chi connectivity index (χ1) is 15.7. The Balaban J connectivity index is 1.86. The molecule has 2 aromatic carbocycles. The smallest absolute Gasteiger partial charge is 0.328 e. The first kappa shape index (κ1) is 24.6. The Morgan fingerprint density at radius 3 is 2.55 bits per heavy atom. The number of esters is 1. The van der Waals surface area contributed by atoms with Gasteiger partial charge in [0.15, 0.2) is 11.5 Å². The molecule has 2 aromatic rings. The lowest BCUT2D eigenvalue weighted by molar-refractivity contribution is -0.148. The molecule has 0 aromatic heterocycles. The van der Waals surface area contributed by atoms with Crippen LogP contribution in [0.3, 0.4) is 0 Å². The van der Waals surface area contributed by atoms with Crippen molar-refractivity contribution in [2.75, 3.05) is 13.7 Å². The molecule has 3 rings (SSSR count). The Hall–Kier alpha value is -3.04. The van der Waals surface area contributed by atoms with Gasteiger partial charge in [0.05, 0.1) is 23.6 Å². The standard InChI is InChI=1S/C23H21ClFNO6S/c1-4-31-18-10-15(9-17(24)20(18)32-12-14-5-7-16(25)8-6-14)11-19-21(27)26(23(29)33-19)13(2)22(28)30-3/h5-11,13H,4,12H2,1-3H3/b19-11+/t13-/m1/s1. The third-order valence-electron chi connectivity index (χ3n) is 4.68. The number of benzene rings is 2. The van der Waals surface area contributed by atoms with E-state index in [9.17, 15) is 18.8 Å². The summed E-state index contributed by atoms with van der Waals surface area (Å²) in [5, 5.41) is -0.337.